The summed E-state index contributed by atoms with van der Waals surface area (Å²) in [5.41, 5.74) is 1.01. The lowest BCUT2D eigenvalue weighted by atomic mass is 10.2. The van der Waals surface area contributed by atoms with Crippen LogP contribution in [0.4, 0.5) is 0 Å². The van der Waals surface area contributed by atoms with Crippen molar-refractivity contribution >= 4 is 6.08 Å². The maximum absolute atomic E-state index is 11.5. The van der Waals surface area contributed by atoms with Crippen LogP contribution in [0.25, 0.3) is 6.08 Å². The van der Waals surface area contributed by atoms with E-state index >= 15 is 0 Å². The molecule has 4 heteroatoms. The zero-order chi connectivity index (χ0) is 9.59. The van der Waals surface area contributed by atoms with Crippen LogP contribution in [0.1, 0.15) is 11.3 Å². The van der Waals surface area contributed by atoms with E-state index in [-0.39, 0.29) is 11.2 Å². The molecule has 0 bridgehead atoms. The van der Waals surface area contributed by atoms with Crippen LogP contribution in [0.15, 0.2) is 15.7 Å². The monoisotopic (exact) mass is 178 g/mol. The van der Waals surface area contributed by atoms with Gasteiger partial charge in [-0.1, -0.05) is 6.08 Å². The second-order valence-corrected chi connectivity index (χ2v) is 3.18. The molecule has 1 aromatic rings. The molecule has 0 N–H and O–H groups in total. The summed E-state index contributed by atoms with van der Waals surface area (Å²) in [7, 11) is 3.18. The molecule has 0 radical (unpaired) electrons. The van der Waals surface area contributed by atoms with Crippen LogP contribution < -0.4 is 11.2 Å². The number of allylic oxidation sites excluding steroid dienone is 1. The highest BCUT2D eigenvalue weighted by Crippen LogP contribution is 2.12. The molecule has 13 heavy (non-hydrogen) atoms. The summed E-state index contributed by atoms with van der Waals surface area (Å²) in [6.07, 6.45) is 4.35. The molecular formula is C9H10N2O2. The minimum atomic E-state index is -0.268. The third-order valence-corrected chi connectivity index (χ3v) is 2.40. The molecule has 0 aliphatic heterocycles. The predicted octanol–water partition coefficient (Wildman–Crippen LogP) is -0.347. The molecule has 0 fully saturated rings. The van der Waals surface area contributed by atoms with Crippen molar-refractivity contribution in [2.24, 2.45) is 14.1 Å². The Morgan fingerprint density at radius 3 is 2.62 bits per heavy atom. The van der Waals surface area contributed by atoms with Gasteiger partial charge in [-0.2, -0.15) is 0 Å². The minimum absolute atomic E-state index is 0.178. The number of nitrogens with zero attached hydrogens (tertiary/aromatic N) is 2. The molecule has 0 aromatic carbocycles. The summed E-state index contributed by atoms with van der Waals surface area (Å²) >= 11 is 0. The molecule has 0 atom stereocenters. The summed E-state index contributed by atoms with van der Waals surface area (Å²) in [5, 5.41) is 0. The van der Waals surface area contributed by atoms with E-state index in [1.807, 2.05) is 12.2 Å². The van der Waals surface area contributed by atoms with E-state index in [4.69, 9.17) is 0 Å². The highest BCUT2D eigenvalue weighted by atomic mass is 16.2. The molecule has 1 aliphatic rings. The van der Waals surface area contributed by atoms with E-state index in [2.05, 4.69) is 0 Å². The fraction of sp³-hybridized carbons (Fsp3) is 0.333. The molecule has 0 saturated heterocycles. The second-order valence-electron chi connectivity index (χ2n) is 3.18. The Morgan fingerprint density at radius 1 is 1.23 bits per heavy atom. The smallest absolute Gasteiger partial charge is 0.297 e. The van der Waals surface area contributed by atoms with Crippen molar-refractivity contribution in [3.63, 3.8) is 0 Å². The van der Waals surface area contributed by atoms with Crippen molar-refractivity contribution in [1.29, 1.82) is 0 Å². The van der Waals surface area contributed by atoms with Crippen LogP contribution in [0, 0.1) is 0 Å². The molecule has 2 rings (SSSR count). The number of hydrogen-bond acceptors (Lipinski definition) is 2. The van der Waals surface area contributed by atoms with Gasteiger partial charge in [0.15, 0.2) is 0 Å². The average Bonchev–Trinajstić information content (AvgIpc) is 2.59. The zero-order valence-corrected chi connectivity index (χ0v) is 7.57. The van der Waals surface area contributed by atoms with Gasteiger partial charge in [0.1, 0.15) is 0 Å². The zero-order valence-electron chi connectivity index (χ0n) is 7.57. The van der Waals surface area contributed by atoms with Crippen LogP contribution in [0.3, 0.4) is 0 Å². The van der Waals surface area contributed by atoms with Crippen molar-refractivity contribution < 1.29 is 0 Å². The number of rotatable bonds is 0. The first kappa shape index (κ1) is 8.04. The largest absolute Gasteiger partial charge is 0.330 e. The van der Waals surface area contributed by atoms with Crippen molar-refractivity contribution in [3.05, 3.63) is 38.2 Å². The van der Waals surface area contributed by atoms with Gasteiger partial charge >= 0.3 is 5.69 Å². The Bertz CT molecular complexity index is 506. The van der Waals surface area contributed by atoms with Gasteiger partial charge in [-0.05, 0) is 12.5 Å². The molecule has 0 unspecified atom stereocenters. The first-order chi connectivity index (χ1) is 6.13. The Kier molecular flexibility index (Phi) is 1.52. The lowest BCUT2D eigenvalue weighted by Gasteiger charge is -2.07. The molecule has 68 valence electrons. The molecule has 1 aromatic heterocycles. The number of hydrogen-bond donors (Lipinski definition) is 0. The van der Waals surface area contributed by atoms with Gasteiger partial charge in [0.05, 0.1) is 5.69 Å². The molecule has 0 amide bonds. The molecule has 0 saturated carbocycles. The van der Waals surface area contributed by atoms with Gasteiger partial charge in [0.25, 0.3) is 5.56 Å². The van der Waals surface area contributed by atoms with Crippen LogP contribution in [-0.2, 0) is 20.5 Å². The lowest BCUT2D eigenvalue weighted by molar-refractivity contribution is 0.671. The molecule has 0 spiro atoms. The van der Waals surface area contributed by atoms with Crippen LogP contribution in [-0.4, -0.2) is 9.13 Å². The maximum atomic E-state index is 11.5. The van der Waals surface area contributed by atoms with Gasteiger partial charge in [-0.15, -0.1) is 0 Å². The SMILES string of the molecule is Cn1c2c(c(=O)n(C)c1=O)CC=C2. The van der Waals surface area contributed by atoms with Gasteiger partial charge in [0, 0.05) is 19.7 Å². The lowest BCUT2D eigenvalue weighted by Crippen LogP contribution is -2.39. The first-order valence-electron chi connectivity index (χ1n) is 4.08. The van der Waals surface area contributed by atoms with Crippen molar-refractivity contribution in [1.82, 2.24) is 9.13 Å². The Hall–Kier alpha value is -1.58. The van der Waals surface area contributed by atoms with Crippen LogP contribution in [0.2, 0.25) is 0 Å². The van der Waals surface area contributed by atoms with E-state index in [1.165, 1.54) is 11.6 Å². The topological polar surface area (TPSA) is 44.0 Å². The van der Waals surface area contributed by atoms with Crippen molar-refractivity contribution in [2.75, 3.05) is 0 Å². The highest BCUT2D eigenvalue weighted by molar-refractivity contribution is 5.55. The third-order valence-electron chi connectivity index (χ3n) is 2.40. The Balaban J connectivity index is 2.99. The molecule has 4 nitrogen and oxygen atoms in total. The quantitative estimate of drug-likeness (QED) is 0.545. The minimum Gasteiger partial charge on any atom is -0.297 e. The summed E-state index contributed by atoms with van der Waals surface area (Å²) in [4.78, 5) is 23.0. The fourth-order valence-corrected chi connectivity index (χ4v) is 1.62. The van der Waals surface area contributed by atoms with E-state index in [0.717, 1.165) is 10.3 Å². The van der Waals surface area contributed by atoms with E-state index < -0.39 is 0 Å². The summed E-state index contributed by atoms with van der Waals surface area (Å²) in [5.74, 6) is 0. The molecule has 1 aliphatic carbocycles. The third kappa shape index (κ3) is 0.915. The van der Waals surface area contributed by atoms with E-state index in [0.29, 0.717) is 12.0 Å². The van der Waals surface area contributed by atoms with Crippen molar-refractivity contribution in [3.8, 4) is 0 Å². The fourth-order valence-electron chi connectivity index (χ4n) is 1.62. The number of aromatic nitrogens is 2. The summed E-state index contributed by atoms with van der Waals surface area (Å²) in [6, 6.07) is 0. The maximum Gasteiger partial charge on any atom is 0.330 e. The van der Waals surface area contributed by atoms with Gasteiger partial charge < -0.3 is 0 Å². The normalized spacial score (nSPS) is 13.4. The Labute approximate surface area is 74.7 Å². The van der Waals surface area contributed by atoms with E-state index in [1.54, 1.807) is 7.05 Å². The average molecular weight is 178 g/mol. The van der Waals surface area contributed by atoms with Gasteiger partial charge in [0.2, 0.25) is 0 Å². The number of fused-ring (bicyclic) bond motifs is 1. The standard InChI is InChI=1S/C9H10N2O2/c1-10-7-5-3-4-6(7)8(12)11(2)9(10)13/h3,5H,4H2,1-2H3. The molecule has 1 heterocycles. The summed E-state index contributed by atoms with van der Waals surface area (Å²) in [6.45, 7) is 0. The van der Waals surface area contributed by atoms with E-state index in [9.17, 15) is 9.59 Å². The predicted molar refractivity (Wildman–Crippen MR) is 49.7 cm³/mol. The highest BCUT2D eigenvalue weighted by Gasteiger charge is 2.15. The van der Waals surface area contributed by atoms with Gasteiger partial charge in [-0.25, -0.2) is 4.79 Å². The summed E-state index contributed by atoms with van der Waals surface area (Å²) < 4.78 is 2.64. The van der Waals surface area contributed by atoms with Gasteiger partial charge in [-0.3, -0.25) is 13.9 Å². The van der Waals surface area contributed by atoms with Crippen molar-refractivity contribution in [2.45, 2.75) is 6.42 Å². The van der Waals surface area contributed by atoms with Crippen LogP contribution in [0.5, 0.6) is 0 Å². The Morgan fingerprint density at radius 2 is 1.92 bits per heavy atom. The molecular weight excluding hydrogens is 168 g/mol. The second kappa shape index (κ2) is 2.45. The first-order valence-corrected chi connectivity index (χ1v) is 4.08. The van der Waals surface area contributed by atoms with Crippen LogP contribution >= 0.6 is 0 Å².